The van der Waals surface area contributed by atoms with Gasteiger partial charge in [-0.05, 0) is 58.4 Å². The molecule has 3 rings (SSSR count). The highest BCUT2D eigenvalue weighted by molar-refractivity contribution is 5.90. The van der Waals surface area contributed by atoms with Crippen LogP contribution in [0.15, 0.2) is 51.9 Å². The average molecular weight is 528 g/mol. The summed E-state index contributed by atoms with van der Waals surface area (Å²) in [6, 6.07) is 7.21. The van der Waals surface area contributed by atoms with Crippen molar-refractivity contribution in [3.8, 4) is 23.0 Å². The Balaban J connectivity index is 1.74. The maximum atomic E-state index is 12.9. The maximum Gasteiger partial charge on any atom is 0.408 e. The Labute approximate surface area is 218 Å². The molecule has 11 nitrogen and oxygen atoms in total. The van der Waals surface area contributed by atoms with Gasteiger partial charge in [-0.15, -0.1) is 0 Å². The molecule has 0 bridgehead atoms. The lowest BCUT2D eigenvalue weighted by molar-refractivity contribution is -0.136. The first kappa shape index (κ1) is 28.0. The van der Waals surface area contributed by atoms with Gasteiger partial charge >= 0.3 is 18.0 Å². The van der Waals surface area contributed by atoms with Gasteiger partial charge in [0.25, 0.3) is 0 Å². The van der Waals surface area contributed by atoms with Gasteiger partial charge < -0.3 is 33.8 Å². The van der Waals surface area contributed by atoms with E-state index in [2.05, 4.69) is 5.32 Å². The summed E-state index contributed by atoms with van der Waals surface area (Å²) >= 11 is 0. The van der Waals surface area contributed by atoms with Crippen molar-refractivity contribution >= 4 is 29.0 Å². The Morgan fingerprint density at radius 3 is 2.39 bits per heavy atom. The van der Waals surface area contributed by atoms with Gasteiger partial charge in [-0.25, -0.2) is 14.4 Å². The van der Waals surface area contributed by atoms with E-state index in [1.54, 1.807) is 20.8 Å². The minimum atomic E-state index is -1.06. The molecular weight excluding hydrogens is 498 g/mol. The number of phenols is 1. The minimum Gasteiger partial charge on any atom is -0.507 e. The zero-order chi connectivity index (χ0) is 28.0. The summed E-state index contributed by atoms with van der Waals surface area (Å²) in [7, 11) is 0. The van der Waals surface area contributed by atoms with Gasteiger partial charge in [-0.3, -0.25) is 4.79 Å². The number of ether oxygens (including phenoxy) is 4. The Bertz CT molecular complexity index is 1390. The first-order valence-corrected chi connectivity index (χ1v) is 11.8. The largest absolute Gasteiger partial charge is 0.507 e. The van der Waals surface area contributed by atoms with Crippen LogP contribution in [0.1, 0.15) is 51.4 Å². The maximum absolute atomic E-state index is 12.9. The van der Waals surface area contributed by atoms with Gasteiger partial charge in [-0.2, -0.15) is 0 Å². The van der Waals surface area contributed by atoms with Crippen molar-refractivity contribution in [2.24, 2.45) is 0 Å². The fourth-order valence-corrected chi connectivity index (χ4v) is 3.13. The van der Waals surface area contributed by atoms with Crippen molar-refractivity contribution in [2.45, 2.75) is 52.7 Å². The number of benzene rings is 2. The molecule has 0 fully saturated rings. The van der Waals surface area contributed by atoms with Crippen LogP contribution >= 0.6 is 0 Å². The number of carbonyl (C=O) groups is 3. The van der Waals surface area contributed by atoms with Gasteiger partial charge in [0.15, 0.2) is 0 Å². The number of hydrogen-bond donors (Lipinski definition) is 2. The SMILES string of the molecule is CCCOC(=O)c1ccc(Oc2coc3cc(OC(=O)C(C)NC(=O)OC(C)(C)C)cc(O)c3c2=O)cc1. The number of nitrogens with one attached hydrogen (secondary N) is 1. The van der Waals surface area contributed by atoms with E-state index in [0.29, 0.717) is 18.6 Å². The number of fused-ring (bicyclic) bond motifs is 1. The Kier molecular flexibility index (Phi) is 8.61. The van der Waals surface area contributed by atoms with E-state index in [1.165, 1.54) is 37.3 Å². The van der Waals surface area contributed by atoms with Gasteiger partial charge in [0.1, 0.15) is 46.1 Å². The molecule has 2 aromatic carbocycles. The second kappa shape index (κ2) is 11.7. The minimum absolute atomic E-state index is 0.0630. The van der Waals surface area contributed by atoms with Crippen molar-refractivity contribution < 1.29 is 42.9 Å². The molecule has 0 saturated heterocycles. The van der Waals surface area contributed by atoms with Crippen LogP contribution in [-0.2, 0) is 14.3 Å². The predicted molar refractivity (Wildman–Crippen MR) is 136 cm³/mol. The Hall–Kier alpha value is -4.54. The zero-order valence-electron chi connectivity index (χ0n) is 21.7. The molecule has 0 saturated carbocycles. The van der Waals surface area contributed by atoms with Crippen molar-refractivity contribution in [1.82, 2.24) is 5.32 Å². The summed E-state index contributed by atoms with van der Waals surface area (Å²) in [5.74, 6) is -1.89. The summed E-state index contributed by atoms with van der Waals surface area (Å²) < 4.78 is 26.4. The molecule has 3 aromatic rings. The first-order valence-electron chi connectivity index (χ1n) is 11.8. The van der Waals surface area contributed by atoms with Crippen molar-refractivity contribution in [2.75, 3.05) is 6.61 Å². The van der Waals surface area contributed by atoms with E-state index in [1.807, 2.05) is 6.92 Å². The third-order valence-corrected chi connectivity index (χ3v) is 4.86. The molecule has 0 spiro atoms. The molecule has 0 aliphatic carbocycles. The fourth-order valence-electron chi connectivity index (χ4n) is 3.13. The smallest absolute Gasteiger partial charge is 0.408 e. The molecule has 2 N–H and O–H groups in total. The second-order valence-electron chi connectivity index (χ2n) is 9.30. The van der Waals surface area contributed by atoms with E-state index in [0.717, 1.165) is 12.3 Å². The number of rotatable bonds is 8. The number of phenolic OH excluding ortho intramolecular Hbond substituents is 1. The van der Waals surface area contributed by atoms with E-state index in [4.69, 9.17) is 23.4 Å². The van der Waals surface area contributed by atoms with E-state index in [9.17, 15) is 24.3 Å². The van der Waals surface area contributed by atoms with E-state index >= 15 is 0 Å². The molecule has 0 aliphatic rings. The lowest BCUT2D eigenvalue weighted by Gasteiger charge is -2.21. The number of esters is 2. The summed E-state index contributed by atoms with van der Waals surface area (Å²) in [5.41, 5.74) is -1.16. The van der Waals surface area contributed by atoms with Gasteiger partial charge in [0, 0.05) is 12.1 Å². The number of hydrogen-bond acceptors (Lipinski definition) is 10. The summed E-state index contributed by atoms with van der Waals surface area (Å²) in [6.07, 6.45) is 0.949. The van der Waals surface area contributed by atoms with Gasteiger partial charge in [0.05, 0.1) is 12.2 Å². The Morgan fingerprint density at radius 2 is 1.76 bits per heavy atom. The molecule has 1 amide bonds. The molecule has 1 aromatic heterocycles. The lowest BCUT2D eigenvalue weighted by atomic mass is 10.2. The summed E-state index contributed by atoms with van der Waals surface area (Å²) in [4.78, 5) is 49.1. The van der Waals surface area contributed by atoms with Gasteiger partial charge in [0.2, 0.25) is 11.2 Å². The van der Waals surface area contributed by atoms with Crippen LogP contribution < -0.4 is 20.2 Å². The Morgan fingerprint density at radius 1 is 1.08 bits per heavy atom. The van der Waals surface area contributed by atoms with Crippen LogP contribution in [0.5, 0.6) is 23.0 Å². The van der Waals surface area contributed by atoms with Crippen LogP contribution in [0.4, 0.5) is 4.79 Å². The number of carbonyl (C=O) groups excluding carboxylic acids is 3. The van der Waals surface area contributed by atoms with E-state index in [-0.39, 0.29) is 28.2 Å². The van der Waals surface area contributed by atoms with Crippen LogP contribution in [0.2, 0.25) is 0 Å². The molecule has 202 valence electrons. The topological polar surface area (TPSA) is 151 Å². The summed E-state index contributed by atoms with van der Waals surface area (Å²) in [6.45, 7) is 8.64. The molecular formula is C27H29NO10. The van der Waals surface area contributed by atoms with E-state index < -0.39 is 40.9 Å². The molecule has 1 atom stereocenters. The normalized spacial score (nSPS) is 11.9. The van der Waals surface area contributed by atoms with Crippen LogP contribution in [-0.4, -0.2) is 41.4 Å². The molecule has 38 heavy (non-hydrogen) atoms. The molecule has 1 heterocycles. The quantitative estimate of drug-likeness (QED) is 0.312. The molecule has 0 aliphatic heterocycles. The molecule has 1 unspecified atom stereocenters. The third-order valence-electron chi connectivity index (χ3n) is 4.86. The summed E-state index contributed by atoms with van der Waals surface area (Å²) in [5, 5.41) is 12.6. The lowest BCUT2D eigenvalue weighted by Crippen LogP contribution is -2.43. The second-order valence-corrected chi connectivity index (χ2v) is 9.30. The van der Waals surface area contributed by atoms with Crippen molar-refractivity contribution in [1.29, 1.82) is 0 Å². The average Bonchev–Trinajstić information content (AvgIpc) is 2.83. The highest BCUT2D eigenvalue weighted by Crippen LogP contribution is 2.31. The zero-order valence-corrected chi connectivity index (χ0v) is 21.7. The number of aromatic hydroxyl groups is 1. The first-order chi connectivity index (χ1) is 17.9. The molecule has 0 radical (unpaired) electrons. The van der Waals surface area contributed by atoms with Crippen LogP contribution in [0.25, 0.3) is 11.0 Å². The highest BCUT2D eigenvalue weighted by Gasteiger charge is 2.23. The fraction of sp³-hybridized carbons (Fsp3) is 0.333. The highest BCUT2D eigenvalue weighted by atomic mass is 16.6. The monoisotopic (exact) mass is 527 g/mol. The van der Waals surface area contributed by atoms with Crippen molar-refractivity contribution in [3.05, 3.63) is 58.4 Å². The van der Waals surface area contributed by atoms with Gasteiger partial charge in [-0.1, -0.05) is 6.92 Å². The predicted octanol–water partition coefficient (Wildman–Crippen LogP) is 4.68. The third kappa shape index (κ3) is 7.25. The molecule has 11 heteroatoms. The standard InChI is InChI=1S/C27H29NO10/c1-6-11-34-25(32)16-7-9-17(10-8-16)36-21-14-35-20-13-18(12-19(29)22(20)23(21)30)37-24(31)15(2)28-26(33)38-27(3,4)5/h7-10,12-15,29H,6,11H2,1-5H3,(H,28,33). The number of alkyl carbamates (subject to hydrolysis) is 1. The van der Waals surface area contributed by atoms with Crippen LogP contribution in [0, 0.1) is 0 Å². The van der Waals surface area contributed by atoms with Crippen molar-refractivity contribution in [3.63, 3.8) is 0 Å². The van der Waals surface area contributed by atoms with Crippen LogP contribution in [0.3, 0.4) is 0 Å². The number of amides is 1.